The summed E-state index contributed by atoms with van der Waals surface area (Å²) in [6, 6.07) is 3.64. The van der Waals surface area contributed by atoms with Crippen LogP contribution in [0, 0.1) is 0 Å². The standard InChI is InChI=1S/C14H17N3O2/c1-16-7-3-2-6-12(16)11-9-17-8-4-5-10(14(18)19)13(17)15-11/h4-5,8-9,12H,2-3,6-7H2,1H3,(H,18,19). The van der Waals surface area contributed by atoms with Crippen LogP contribution in [-0.4, -0.2) is 39.0 Å². The van der Waals surface area contributed by atoms with Crippen LogP contribution in [-0.2, 0) is 0 Å². The van der Waals surface area contributed by atoms with Crippen molar-refractivity contribution in [2.24, 2.45) is 0 Å². The van der Waals surface area contributed by atoms with Gasteiger partial charge >= 0.3 is 5.97 Å². The van der Waals surface area contributed by atoms with Crippen LogP contribution in [0.5, 0.6) is 0 Å². The molecule has 1 unspecified atom stereocenters. The van der Waals surface area contributed by atoms with Gasteiger partial charge in [-0.25, -0.2) is 9.78 Å². The van der Waals surface area contributed by atoms with E-state index in [1.807, 2.05) is 12.4 Å². The third kappa shape index (κ3) is 2.10. The number of pyridine rings is 1. The minimum absolute atomic E-state index is 0.257. The van der Waals surface area contributed by atoms with Gasteiger partial charge in [0.2, 0.25) is 0 Å². The number of nitrogens with zero attached hydrogens (tertiary/aromatic N) is 3. The van der Waals surface area contributed by atoms with Crippen molar-refractivity contribution < 1.29 is 9.90 Å². The van der Waals surface area contributed by atoms with Gasteiger partial charge in [-0.2, -0.15) is 0 Å². The van der Waals surface area contributed by atoms with Gasteiger partial charge in [-0.3, -0.25) is 4.90 Å². The highest BCUT2D eigenvalue weighted by molar-refractivity contribution is 5.94. The zero-order chi connectivity index (χ0) is 13.4. The summed E-state index contributed by atoms with van der Waals surface area (Å²) in [7, 11) is 2.10. The maximum atomic E-state index is 11.2. The molecule has 0 aliphatic carbocycles. The molecule has 0 amide bonds. The Bertz CT molecular complexity index is 620. The number of aromatic carboxylic acids is 1. The summed E-state index contributed by atoms with van der Waals surface area (Å²) < 4.78 is 1.81. The van der Waals surface area contributed by atoms with Gasteiger partial charge in [-0.05, 0) is 38.6 Å². The van der Waals surface area contributed by atoms with Gasteiger partial charge in [-0.15, -0.1) is 0 Å². The normalized spacial score (nSPS) is 20.8. The summed E-state index contributed by atoms with van der Waals surface area (Å²) in [5, 5.41) is 9.19. The predicted octanol–water partition coefficient (Wildman–Crippen LogP) is 2.19. The van der Waals surface area contributed by atoms with Crippen LogP contribution < -0.4 is 0 Å². The van der Waals surface area contributed by atoms with E-state index in [-0.39, 0.29) is 5.56 Å². The molecule has 3 heterocycles. The van der Waals surface area contributed by atoms with E-state index in [4.69, 9.17) is 0 Å². The lowest BCUT2D eigenvalue weighted by molar-refractivity contribution is 0.0698. The molecule has 1 atom stereocenters. The highest BCUT2D eigenvalue weighted by Crippen LogP contribution is 2.29. The number of aromatic nitrogens is 2. The molecular weight excluding hydrogens is 242 g/mol. The van der Waals surface area contributed by atoms with Crippen LogP contribution in [0.4, 0.5) is 0 Å². The predicted molar refractivity (Wildman–Crippen MR) is 71.4 cm³/mol. The average Bonchev–Trinajstić information content (AvgIpc) is 2.82. The maximum absolute atomic E-state index is 11.2. The number of carboxylic acid groups (broad SMARTS) is 1. The third-order valence-corrected chi connectivity index (χ3v) is 3.84. The van der Waals surface area contributed by atoms with Crippen molar-refractivity contribution in [2.45, 2.75) is 25.3 Å². The van der Waals surface area contributed by atoms with Crippen molar-refractivity contribution in [1.82, 2.24) is 14.3 Å². The first-order chi connectivity index (χ1) is 9.16. The molecule has 2 aromatic rings. The Labute approximate surface area is 111 Å². The third-order valence-electron chi connectivity index (χ3n) is 3.84. The first-order valence-electron chi connectivity index (χ1n) is 6.58. The summed E-state index contributed by atoms with van der Waals surface area (Å²) in [5.74, 6) is -0.931. The fourth-order valence-electron chi connectivity index (χ4n) is 2.81. The lowest BCUT2D eigenvalue weighted by Crippen LogP contribution is -2.29. The maximum Gasteiger partial charge on any atom is 0.339 e. The van der Waals surface area contributed by atoms with E-state index in [1.54, 1.807) is 16.5 Å². The van der Waals surface area contributed by atoms with Crippen molar-refractivity contribution in [2.75, 3.05) is 13.6 Å². The van der Waals surface area contributed by atoms with E-state index < -0.39 is 5.97 Å². The SMILES string of the molecule is CN1CCCCC1c1cn2cccc(C(=O)O)c2n1. The number of hydrogen-bond donors (Lipinski definition) is 1. The molecule has 0 bridgehead atoms. The van der Waals surface area contributed by atoms with Crippen molar-refractivity contribution in [3.63, 3.8) is 0 Å². The van der Waals surface area contributed by atoms with Gasteiger partial charge in [0, 0.05) is 12.4 Å². The van der Waals surface area contributed by atoms with Gasteiger partial charge < -0.3 is 9.51 Å². The van der Waals surface area contributed by atoms with Crippen molar-refractivity contribution >= 4 is 11.6 Å². The molecule has 1 aliphatic heterocycles. The summed E-state index contributed by atoms with van der Waals surface area (Å²) in [4.78, 5) is 18.0. The summed E-state index contributed by atoms with van der Waals surface area (Å²) in [6.07, 6.45) is 7.31. The molecule has 5 nitrogen and oxygen atoms in total. The average molecular weight is 259 g/mol. The largest absolute Gasteiger partial charge is 0.478 e. The Morgan fingerprint density at radius 3 is 3.05 bits per heavy atom. The van der Waals surface area contributed by atoms with Gasteiger partial charge in [-0.1, -0.05) is 6.42 Å². The number of piperidine rings is 1. The number of imidazole rings is 1. The van der Waals surface area contributed by atoms with Crippen LogP contribution in [0.25, 0.3) is 5.65 Å². The van der Waals surface area contributed by atoms with E-state index in [0.29, 0.717) is 11.7 Å². The van der Waals surface area contributed by atoms with E-state index >= 15 is 0 Å². The smallest absolute Gasteiger partial charge is 0.339 e. The number of rotatable bonds is 2. The summed E-state index contributed by atoms with van der Waals surface area (Å²) in [5.41, 5.74) is 1.76. The Morgan fingerprint density at radius 1 is 1.47 bits per heavy atom. The number of hydrogen-bond acceptors (Lipinski definition) is 3. The molecule has 0 saturated carbocycles. The minimum atomic E-state index is -0.931. The van der Waals surface area contributed by atoms with Crippen LogP contribution in [0.1, 0.15) is 41.4 Å². The van der Waals surface area contributed by atoms with Crippen molar-refractivity contribution in [3.05, 3.63) is 35.8 Å². The topological polar surface area (TPSA) is 57.8 Å². The molecule has 0 aromatic carbocycles. The fraction of sp³-hybridized carbons (Fsp3) is 0.429. The Kier molecular flexibility index (Phi) is 2.98. The molecule has 0 radical (unpaired) electrons. The monoisotopic (exact) mass is 259 g/mol. The van der Waals surface area contributed by atoms with Crippen molar-refractivity contribution in [1.29, 1.82) is 0 Å². The summed E-state index contributed by atoms with van der Waals surface area (Å²) >= 11 is 0. The van der Waals surface area contributed by atoms with Crippen LogP contribution in [0.15, 0.2) is 24.5 Å². The van der Waals surface area contributed by atoms with E-state index in [2.05, 4.69) is 16.9 Å². The number of carboxylic acids is 1. The highest BCUT2D eigenvalue weighted by atomic mass is 16.4. The molecule has 19 heavy (non-hydrogen) atoms. The second-order valence-corrected chi connectivity index (χ2v) is 5.12. The number of carbonyl (C=O) groups is 1. The van der Waals surface area contributed by atoms with Crippen LogP contribution >= 0.6 is 0 Å². The van der Waals surface area contributed by atoms with Gasteiger partial charge in [0.1, 0.15) is 5.56 Å². The molecule has 0 spiro atoms. The van der Waals surface area contributed by atoms with E-state index in [1.165, 1.54) is 12.8 Å². The van der Waals surface area contributed by atoms with Gasteiger partial charge in [0.15, 0.2) is 5.65 Å². The van der Waals surface area contributed by atoms with E-state index in [9.17, 15) is 9.90 Å². The molecule has 2 aromatic heterocycles. The highest BCUT2D eigenvalue weighted by Gasteiger charge is 2.24. The quantitative estimate of drug-likeness (QED) is 0.898. The second-order valence-electron chi connectivity index (χ2n) is 5.12. The lowest BCUT2D eigenvalue weighted by Gasteiger charge is -2.31. The Morgan fingerprint density at radius 2 is 2.32 bits per heavy atom. The van der Waals surface area contributed by atoms with Crippen molar-refractivity contribution in [3.8, 4) is 0 Å². The van der Waals surface area contributed by atoms with Crippen LogP contribution in [0.3, 0.4) is 0 Å². The number of fused-ring (bicyclic) bond motifs is 1. The molecule has 5 heteroatoms. The Balaban J connectivity index is 2.06. The molecule has 1 aliphatic rings. The molecule has 1 fully saturated rings. The summed E-state index contributed by atoms with van der Waals surface area (Å²) in [6.45, 7) is 1.07. The van der Waals surface area contributed by atoms with Crippen LogP contribution in [0.2, 0.25) is 0 Å². The van der Waals surface area contributed by atoms with Gasteiger partial charge in [0.05, 0.1) is 11.7 Å². The first-order valence-corrected chi connectivity index (χ1v) is 6.58. The van der Waals surface area contributed by atoms with E-state index in [0.717, 1.165) is 18.7 Å². The molecule has 100 valence electrons. The van der Waals surface area contributed by atoms with Gasteiger partial charge in [0.25, 0.3) is 0 Å². The Hall–Kier alpha value is -1.88. The zero-order valence-corrected chi connectivity index (χ0v) is 10.9. The first kappa shape index (κ1) is 12.2. The second kappa shape index (κ2) is 4.66. The molecular formula is C14H17N3O2. The fourth-order valence-corrected chi connectivity index (χ4v) is 2.81. The molecule has 1 N–H and O–H groups in total. The molecule has 3 rings (SSSR count). The number of likely N-dealkylation sites (tertiary alicyclic amines) is 1. The zero-order valence-electron chi connectivity index (χ0n) is 10.9. The lowest BCUT2D eigenvalue weighted by atomic mass is 10.0. The molecule has 1 saturated heterocycles. The minimum Gasteiger partial charge on any atom is -0.478 e.